The summed E-state index contributed by atoms with van der Waals surface area (Å²) >= 11 is 0. The smallest absolute Gasteiger partial charge is 0.508 e. The second-order valence-electron chi connectivity index (χ2n) is 9.87. The predicted octanol–water partition coefficient (Wildman–Crippen LogP) is 2.81. The number of aromatic nitrogens is 2. The molecule has 10 nitrogen and oxygen atoms in total. The third-order valence-corrected chi connectivity index (χ3v) is 6.49. The van der Waals surface area contributed by atoms with Crippen molar-refractivity contribution in [2.75, 3.05) is 63.2 Å². The minimum atomic E-state index is -4.88. The molecule has 212 valence electrons. The highest BCUT2D eigenvalue weighted by molar-refractivity contribution is 5.87. The second-order valence-corrected chi connectivity index (χ2v) is 9.87. The summed E-state index contributed by atoms with van der Waals surface area (Å²) in [5, 5.41) is 10.1. The number of hydrogen-bond acceptors (Lipinski definition) is 9. The van der Waals surface area contributed by atoms with E-state index in [1.54, 1.807) is 4.90 Å². The normalized spacial score (nSPS) is 16.6. The number of phenolic OH excluding ortho intramolecular Hbond substituents is 1. The molecule has 2 aromatic rings. The molecule has 1 N–H and O–H groups in total. The Kier molecular flexibility index (Phi) is 8.38. The molecule has 2 aliphatic rings. The van der Waals surface area contributed by atoms with E-state index in [0.717, 1.165) is 17.4 Å². The molecule has 4 rings (SSSR count). The molecule has 1 saturated heterocycles. The molecule has 0 radical (unpaired) electrons. The maximum absolute atomic E-state index is 12.8. The largest absolute Gasteiger partial charge is 0.573 e. The molecular formula is C26H33F3N6O4. The van der Waals surface area contributed by atoms with E-state index in [1.807, 2.05) is 30.8 Å². The van der Waals surface area contributed by atoms with E-state index in [4.69, 9.17) is 9.72 Å². The van der Waals surface area contributed by atoms with Crippen molar-refractivity contribution >= 4 is 17.4 Å². The first-order valence-electron chi connectivity index (χ1n) is 12.6. The van der Waals surface area contributed by atoms with E-state index in [2.05, 4.69) is 21.2 Å². The molecule has 1 aromatic heterocycles. The van der Waals surface area contributed by atoms with Crippen molar-refractivity contribution < 1.29 is 32.5 Å². The monoisotopic (exact) mass is 550 g/mol. The van der Waals surface area contributed by atoms with Gasteiger partial charge in [-0.2, -0.15) is 9.97 Å². The summed E-state index contributed by atoms with van der Waals surface area (Å²) in [4.78, 5) is 29.1. The zero-order valence-corrected chi connectivity index (χ0v) is 22.2. The molecule has 0 bridgehead atoms. The van der Waals surface area contributed by atoms with Crippen LogP contribution in [0.2, 0.25) is 0 Å². The average Bonchev–Trinajstić information content (AvgIpc) is 2.85. The van der Waals surface area contributed by atoms with Crippen LogP contribution in [-0.4, -0.2) is 96.6 Å². The lowest BCUT2D eigenvalue weighted by atomic mass is 10.0. The van der Waals surface area contributed by atoms with Gasteiger partial charge < -0.3 is 34.2 Å². The summed E-state index contributed by atoms with van der Waals surface area (Å²) in [6, 6.07) is 3.76. The molecule has 1 atom stereocenters. The van der Waals surface area contributed by atoms with E-state index >= 15 is 0 Å². The Labute approximate surface area is 225 Å². The fraction of sp³-hybridized carbons (Fsp3) is 0.500. The molecule has 3 heterocycles. The third kappa shape index (κ3) is 7.22. The van der Waals surface area contributed by atoms with Crippen molar-refractivity contribution in [1.29, 1.82) is 0 Å². The summed E-state index contributed by atoms with van der Waals surface area (Å²) in [7, 11) is 3.87. The number of alkyl halides is 3. The number of phenols is 1. The van der Waals surface area contributed by atoms with E-state index in [1.165, 1.54) is 18.2 Å². The van der Waals surface area contributed by atoms with Gasteiger partial charge in [-0.25, -0.2) is 0 Å². The van der Waals surface area contributed by atoms with E-state index in [-0.39, 0.29) is 30.3 Å². The van der Waals surface area contributed by atoms with Crippen LogP contribution in [0.25, 0.3) is 0 Å². The van der Waals surface area contributed by atoms with Crippen LogP contribution in [0.4, 0.5) is 24.7 Å². The van der Waals surface area contributed by atoms with Gasteiger partial charge in [-0.15, -0.1) is 13.2 Å². The van der Waals surface area contributed by atoms with Gasteiger partial charge in [0, 0.05) is 68.7 Å². The molecule has 39 heavy (non-hydrogen) atoms. The predicted molar refractivity (Wildman–Crippen MR) is 139 cm³/mol. The number of amides is 1. The number of rotatable bonds is 8. The summed E-state index contributed by atoms with van der Waals surface area (Å²) in [6.45, 7) is 9.05. The van der Waals surface area contributed by atoms with Crippen molar-refractivity contribution in [3.63, 3.8) is 0 Å². The highest BCUT2D eigenvalue weighted by atomic mass is 19.4. The Hall–Kier alpha value is -3.74. The number of carbonyl (C=O) groups excluding carboxylic acids is 1. The molecule has 0 aliphatic carbocycles. The quantitative estimate of drug-likeness (QED) is 0.498. The van der Waals surface area contributed by atoms with Crippen molar-refractivity contribution in [3.8, 4) is 17.5 Å². The summed E-state index contributed by atoms with van der Waals surface area (Å²) in [5.41, 5.74) is 1.99. The van der Waals surface area contributed by atoms with Gasteiger partial charge in [-0.05, 0) is 33.5 Å². The van der Waals surface area contributed by atoms with Crippen LogP contribution in [-0.2, 0) is 17.8 Å². The molecule has 1 fully saturated rings. The highest BCUT2D eigenvalue weighted by Crippen LogP contribution is 2.35. The molecule has 0 unspecified atom stereocenters. The zero-order valence-electron chi connectivity index (χ0n) is 22.2. The summed E-state index contributed by atoms with van der Waals surface area (Å²) in [6.07, 6.45) is -3.24. The zero-order chi connectivity index (χ0) is 28.3. The van der Waals surface area contributed by atoms with E-state index < -0.39 is 12.1 Å². The lowest BCUT2D eigenvalue weighted by Crippen LogP contribution is -2.49. The molecule has 0 saturated carbocycles. The first-order chi connectivity index (χ1) is 18.4. The number of nitrogens with zero attached hydrogens (tertiary/aromatic N) is 6. The van der Waals surface area contributed by atoms with Gasteiger partial charge in [0.2, 0.25) is 5.91 Å². The maximum atomic E-state index is 12.8. The fourth-order valence-electron chi connectivity index (χ4n) is 4.87. The average molecular weight is 551 g/mol. The van der Waals surface area contributed by atoms with Gasteiger partial charge in [-0.1, -0.05) is 6.58 Å². The van der Waals surface area contributed by atoms with Gasteiger partial charge in [0.25, 0.3) is 0 Å². The molecule has 2 aliphatic heterocycles. The Balaban J connectivity index is 1.63. The standard InChI is InChI=1S/C26H33F3N6O4/c1-5-23(37)33-8-10-34(11-9-33)24-21-6-7-35(18-12-19(36)14-20(13-18)39-26(27,28)29)16-22(21)30-25(31-24)38-17(2)15-32(3)4/h5,12-14,17,36H,1,6-11,15-16H2,2-4H3/t17-/m1/s1. The minimum Gasteiger partial charge on any atom is -0.508 e. The number of likely N-dealkylation sites (N-methyl/N-ethyl adjacent to an activating group) is 1. The Morgan fingerprint density at radius 3 is 2.51 bits per heavy atom. The number of piperazine rings is 1. The number of hydrogen-bond donors (Lipinski definition) is 1. The number of fused-ring (bicyclic) bond motifs is 1. The highest BCUT2D eigenvalue weighted by Gasteiger charge is 2.32. The van der Waals surface area contributed by atoms with Crippen LogP contribution in [0.15, 0.2) is 30.9 Å². The number of halogens is 3. The van der Waals surface area contributed by atoms with Gasteiger partial charge in [0.15, 0.2) is 0 Å². The SMILES string of the molecule is C=CC(=O)N1CCN(c2nc(O[C@H](C)CN(C)C)nc3c2CCN(c2cc(O)cc(OC(F)(F)F)c2)C3)CC1. The van der Waals surface area contributed by atoms with Crippen LogP contribution in [0.3, 0.4) is 0 Å². The molecule has 0 spiro atoms. The number of benzene rings is 1. The lowest BCUT2D eigenvalue weighted by molar-refractivity contribution is -0.274. The Morgan fingerprint density at radius 1 is 1.15 bits per heavy atom. The summed E-state index contributed by atoms with van der Waals surface area (Å²) < 4.78 is 48.5. The fourth-order valence-corrected chi connectivity index (χ4v) is 4.87. The van der Waals surface area contributed by atoms with Crippen molar-refractivity contribution in [2.45, 2.75) is 32.4 Å². The third-order valence-electron chi connectivity index (χ3n) is 6.49. The first kappa shape index (κ1) is 28.3. The van der Waals surface area contributed by atoms with Crippen molar-refractivity contribution in [3.05, 3.63) is 42.1 Å². The van der Waals surface area contributed by atoms with E-state index in [0.29, 0.717) is 57.1 Å². The number of anilines is 2. The van der Waals surface area contributed by atoms with Crippen molar-refractivity contribution in [1.82, 2.24) is 19.8 Å². The van der Waals surface area contributed by atoms with Gasteiger partial charge in [0.1, 0.15) is 23.4 Å². The first-order valence-corrected chi connectivity index (χ1v) is 12.6. The topological polar surface area (TPSA) is 94.5 Å². The number of aromatic hydroxyl groups is 1. The Morgan fingerprint density at radius 2 is 1.87 bits per heavy atom. The second kappa shape index (κ2) is 11.6. The van der Waals surface area contributed by atoms with E-state index in [9.17, 15) is 23.1 Å². The van der Waals surface area contributed by atoms with Gasteiger partial charge in [0.05, 0.1) is 12.2 Å². The number of ether oxygens (including phenoxy) is 2. The van der Waals surface area contributed by atoms with Crippen LogP contribution in [0, 0.1) is 0 Å². The van der Waals surface area contributed by atoms with Gasteiger partial charge in [-0.3, -0.25) is 4.79 Å². The maximum Gasteiger partial charge on any atom is 0.573 e. The summed E-state index contributed by atoms with van der Waals surface area (Å²) in [5.74, 6) is -0.222. The van der Waals surface area contributed by atoms with Crippen molar-refractivity contribution in [2.24, 2.45) is 0 Å². The molecule has 1 amide bonds. The van der Waals surface area contributed by atoms with Crippen LogP contribution in [0.5, 0.6) is 17.5 Å². The molecule has 1 aromatic carbocycles. The molecular weight excluding hydrogens is 517 g/mol. The Bertz CT molecular complexity index is 1200. The minimum absolute atomic E-state index is 0.114. The van der Waals surface area contributed by atoms with Gasteiger partial charge >= 0.3 is 12.4 Å². The number of carbonyl (C=O) groups is 1. The van der Waals surface area contributed by atoms with Crippen LogP contribution in [0.1, 0.15) is 18.2 Å². The lowest BCUT2D eigenvalue weighted by Gasteiger charge is -2.38. The van der Waals surface area contributed by atoms with Crippen LogP contribution < -0.4 is 19.3 Å². The van der Waals surface area contributed by atoms with Crippen LogP contribution >= 0.6 is 0 Å². The molecule has 13 heteroatoms.